The van der Waals surface area contributed by atoms with Crippen LogP contribution >= 0.6 is 0 Å². The van der Waals surface area contributed by atoms with Crippen molar-refractivity contribution in [1.82, 2.24) is 10.6 Å². The Labute approximate surface area is 123 Å². The summed E-state index contributed by atoms with van der Waals surface area (Å²) >= 11 is 0. The molecule has 1 aromatic rings. The standard InChI is InChI=1S/C15H20N2O4/c1-2-21-15(19)12-5-3-11(4-6-12)9-17-14(18)13-10-20-8-7-16-13/h3-6,13,16H,2,7-10H2,1H3,(H,17,18). The third-order valence-electron chi connectivity index (χ3n) is 3.17. The minimum absolute atomic E-state index is 0.0795. The summed E-state index contributed by atoms with van der Waals surface area (Å²) in [7, 11) is 0. The number of amides is 1. The number of hydrogen-bond acceptors (Lipinski definition) is 5. The summed E-state index contributed by atoms with van der Waals surface area (Å²) in [6.07, 6.45) is 0. The maximum Gasteiger partial charge on any atom is 0.338 e. The second-order valence-corrected chi connectivity index (χ2v) is 4.72. The van der Waals surface area contributed by atoms with Crippen LogP contribution in [0.2, 0.25) is 0 Å². The zero-order valence-electron chi connectivity index (χ0n) is 12.1. The first-order chi connectivity index (χ1) is 10.2. The van der Waals surface area contributed by atoms with Crippen LogP contribution < -0.4 is 10.6 Å². The summed E-state index contributed by atoms with van der Waals surface area (Å²) in [5.41, 5.74) is 1.43. The number of nitrogens with one attached hydrogen (secondary N) is 2. The minimum atomic E-state index is -0.336. The van der Waals surface area contributed by atoms with E-state index in [0.717, 1.165) is 5.56 Å². The lowest BCUT2D eigenvalue weighted by Crippen LogP contribution is -2.51. The van der Waals surface area contributed by atoms with Crippen molar-refractivity contribution >= 4 is 11.9 Å². The SMILES string of the molecule is CCOC(=O)c1ccc(CNC(=O)C2COCCN2)cc1. The van der Waals surface area contributed by atoms with E-state index < -0.39 is 0 Å². The monoisotopic (exact) mass is 292 g/mol. The van der Waals surface area contributed by atoms with E-state index in [4.69, 9.17) is 9.47 Å². The summed E-state index contributed by atoms with van der Waals surface area (Å²) in [6, 6.07) is 6.70. The number of hydrogen-bond donors (Lipinski definition) is 2. The second-order valence-electron chi connectivity index (χ2n) is 4.72. The fourth-order valence-electron chi connectivity index (χ4n) is 2.02. The largest absolute Gasteiger partial charge is 0.462 e. The van der Waals surface area contributed by atoms with Crippen molar-refractivity contribution in [3.05, 3.63) is 35.4 Å². The highest BCUT2D eigenvalue weighted by atomic mass is 16.5. The normalized spacial score (nSPS) is 18.0. The first-order valence-corrected chi connectivity index (χ1v) is 7.05. The van der Waals surface area contributed by atoms with Gasteiger partial charge >= 0.3 is 5.97 Å². The van der Waals surface area contributed by atoms with Gasteiger partial charge in [-0.2, -0.15) is 0 Å². The molecule has 6 nitrogen and oxygen atoms in total. The van der Waals surface area contributed by atoms with Gasteiger partial charge in [-0.1, -0.05) is 12.1 Å². The molecule has 1 heterocycles. The molecule has 1 saturated heterocycles. The molecule has 2 N–H and O–H groups in total. The maximum absolute atomic E-state index is 11.9. The summed E-state index contributed by atoms with van der Waals surface area (Å²) in [5.74, 6) is -0.416. The molecule has 6 heteroatoms. The molecule has 21 heavy (non-hydrogen) atoms. The fourth-order valence-corrected chi connectivity index (χ4v) is 2.02. The number of benzene rings is 1. The molecule has 2 rings (SSSR count). The van der Waals surface area contributed by atoms with E-state index in [1.165, 1.54) is 0 Å². The Bertz CT molecular complexity index is 481. The van der Waals surface area contributed by atoms with E-state index in [-0.39, 0.29) is 17.9 Å². The number of carbonyl (C=O) groups is 2. The van der Waals surface area contributed by atoms with Crippen LogP contribution in [0.4, 0.5) is 0 Å². The Morgan fingerprint density at radius 1 is 1.38 bits per heavy atom. The molecule has 0 radical (unpaired) electrons. The predicted octanol–water partition coefficient (Wildman–Crippen LogP) is 0.468. The van der Waals surface area contributed by atoms with Gasteiger partial charge in [-0.25, -0.2) is 4.79 Å². The van der Waals surface area contributed by atoms with Gasteiger partial charge in [0.25, 0.3) is 0 Å². The van der Waals surface area contributed by atoms with E-state index in [1.807, 2.05) is 0 Å². The van der Waals surface area contributed by atoms with E-state index in [1.54, 1.807) is 31.2 Å². The first kappa shape index (κ1) is 15.5. The summed E-state index contributed by atoms with van der Waals surface area (Å²) in [5, 5.41) is 5.94. The Hall–Kier alpha value is -1.92. The minimum Gasteiger partial charge on any atom is -0.462 e. The molecule has 0 spiro atoms. The molecule has 114 valence electrons. The van der Waals surface area contributed by atoms with Crippen molar-refractivity contribution in [3.63, 3.8) is 0 Å². The average molecular weight is 292 g/mol. The van der Waals surface area contributed by atoms with Crippen LogP contribution in [-0.2, 0) is 20.8 Å². The molecule has 1 unspecified atom stereocenters. The number of morpholine rings is 1. The van der Waals surface area contributed by atoms with Crippen molar-refractivity contribution in [2.45, 2.75) is 19.5 Å². The number of carbonyl (C=O) groups excluding carboxylic acids is 2. The molecule has 1 amide bonds. The van der Waals surface area contributed by atoms with Crippen LogP contribution in [0.1, 0.15) is 22.8 Å². The van der Waals surface area contributed by atoms with Gasteiger partial charge in [0.2, 0.25) is 5.91 Å². The zero-order valence-corrected chi connectivity index (χ0v) is 12.1. The van der Waals surface area contributed by atoms with Crippen molar-refractivity contribution in [3.8, 4) is 0 Å². The summed E-state index contributed by atoms with van der Waals surface area (Å²) in [4.78, 5) is 23.4. The van der Waals surface area contributed by atoms with Crippen LogP contribution in [0.3, 0.4) is 0 Å². The van der Waals surface area contributed by atoms with E-state index >= 15 is 0 Å². The van der Waals surface area contributed by atoms with E-state index in [2.05, 4.69) is 10.6 Å². The molecule has 0 aliphatic carbocycles. The lowest BCUT2D eigenvalue weighted by molar-refractivity contribution is -0.126. The number of rotatable bonds is 5. The molecule has 0 saturated carbocycles. The highest BCUT2D eigenvalue weighted by molar-refractivity contribution is 5.89. The Balaban J connectivity index is 1.83. The number of esters is 1. The molecule has 1 atom stereocenters. The predicted molar refractivity (Wildman–Crippen MR) is 76.9 cm³/mol. The zero-order chi connectivity index (χ0) is 15.1. The van der Waals surface area contributed by atoms with Gasteiger partial charge < -0.3 is 20.1 Å². The quantitative estimate of drug-likeness (QED) is 0.771. The highest BCUT2D eigenvalue weighted by Crippen LogP contribution is 2.06. The molecule has 1 aromatic carbocycles. The maximum atomic E-state index is 11.9. The van der Waals surface area contributed by atoms with Crippen molar-refractivity contribution < 1.29 is 19.1 Å². The number of ether oxygens (including phenoxy) is 2. The summed E-state index contributed by atoms with van der Waals surface area (Å²) < 4.78 is 10.2. The van der Waals surface area contributed by atoms with Gasteiger partial charge in [0.15, 0.2) is 0 Å². The smallest absolute Gasteiger partial charge is 0.338 e. The van der Waals surface area contributed by atoms with Crippen LogP contribution in [-0.4, -0.2) is 44.3 Å². The molecule has 1 fully saturated rings. The molecule has 1 aliphatic heterocycles. The Kier molecular flexibility index (Phi) is 5.71. The first-order valence-electron chi connectivity index (χ1n) is 7.05. The van der Waals surface area contributed by atoms with E-state index in [9.17, 15) is 9.59 Å². The second kappa shape index (κ2) is 7.75. The fraction of sp³-hybridized carbons (Fsp3) is 0.467. The topological polar surface area (TPSA) is 76.7 Å². The Morgan fingerprint density at radius 3 is 2.76 bits per heavy atom. The van der Waals surface area contributed by atoms with Gasteiger partial charge in [-0.15, -0.1) is 0 Å². The molecule has 0 bridgehead atoms. The molecular weight excluding hydrogens is 272 g/mol. The van der Waals surface area contributed by atoms with Crippen LogP contribution in [0.15, 0.2) is 24.3 Å². The third-order valence-corrected chi connectivity index (χ3v) is 3.17. The van der Waals surface area contributed by atoms with Gasteiger partial charge in [-0.3, -0.25) is 4.79 Å². The molecule has 0 aromatic heterocycles. The van der Waals surface area contributed by atoms with Crippen LogP contribution in [0.25, 0.3) is 0 Å². The lowest BCUT2D eigenvalue weighted by Gasteiger charge is -2.22. The van der Waals surface area contributed by atoms with Gasteiger partial charge in [0.1, 0.15) is 6.04 Å². The van der Waals surface area contributed by atoms with E-state index in [0.29, 0.717) is 38.5 Å². The lowest BCUT2D eigenvalue weighted by atomic mass is 10.1. The van der Waals surface area contributed by atoms with Crippen molar-refractivity contribution in [2.75, 3.05) is 26.4 Å². The van der Waals surface area contributed by atoms with Crippen LogP contribution in [0, 0.1) is 0 Å². The van der Waals surface area contributed by atoms with Gasteiger partial charge in [0.05, 0.1) is 25.4 Å². The third kappa shape index (κ3) is 4.54. The van der Waals surface area contributed by atoms with Gasteiger partial charge in [-0.05, 0) is 24.6 Å². The average Bonchev–Trinajstić information content (AvgIpc) is 2.54. The van der Waals surface area contributed by atoms with Crippen LogP contribution in [0.5, 0.6) is 0 Å². The highest BCUT2D eigenvalue weighted by Gasteiger charge is 2.20. The Morgan fingerprint density at radius 2 is 2.14 bits per heavy atom. The van der Waals surface area contributed by atoms with Gasteiger partial charge in [0, 0.05) is 13.1 Å². The van der Waals surface area contributed by atoms with Crippen molar-refractivity contribution in [2.24, 2.45) is 0 Å². The van der Waals surface area contributed by atoms with Crippen molar-refractivity contribution in [1.29, 1.82) is 0 Å². The molecule has 1 aliphatic rings. The summed E-state index contributed by atoms with van der Waals surface area (Å²) in [6.45, 7) is 4.26. The molecular formula is C15H20N2O4.